The molecule has 1 unspecified atom stereocenters. The van der Waals surface area contributed by atoms with Crippen LogP contribution < -0.4 is 10.6 Å². The van der Waals surface area contributed by atoms with Gasteiger partial charge in [0.1, 0.15) is 0 Å². The Hall–Kier alpha value is -0.610. The highest BCUT2D eigenvalue weighted by atomic mass is 16.5. The predicted octanol–water partition coefficient (Wildman–Crippen LogP) is 0.0946. The van der Waals surface area contributed by atoms with Crippen LogP contribution in [0.25, 0.3) is 0 Å². The summed E-state index contributed by atoms with van der Waals surface area (Å²) in [6, 6.07) is -0.125. The third-order valence-corrected chi connectivity index (χ3v) is 1.61. The van der Waals surface area contributed by atoms with Crippen molar-refractivity contribution in [2.45, 2.75) is 25.8 Å². The van der Waals surface area contributed by atoms with Crippen LogP contribution >= 0.6 is 0 Å². The summed E-state index contributed by atoms with van der Waals surface area (Å²) in [5.41, 5.74) is 0. The summed E-state index contributed by atoms with van der Waals surface area (Å²) in [7, 11) is 3.24. The van der Waals surface area contributed by atoms with Gasteiger partial charge < -0.3 is 10.1 Å². The quantitative estimate of drug-likeness (QED) is 0.561. The van der Waals surface area contributed by atoms with Gasteiger partial charge in [0.25, 0.3) is 0 Å². The number of nitrogens with one attached hydrogen (secondary N) is 2. The molecule has 1 atom stereocenters. The normalized spacial score (nSPS) is 12.6. The minimum absolute atomic E-state index is 0.0221. The van der Waals surface area contributed by atoms with Crippen molar-refractivity contribution < 1.29 is 9.53 Å². The zero-order valence-electron chi connectivity index (χ0n) is 8.02. The minimum Gasteiger partial charge on any atom is -0.370 e. The maximum absolute atomic E-state index is 11.2. The standard InChI is InChI=1S/C8H18N2O2/c1-4-5-7(8(11)9-2)10-6-12-3/h7,10H,4-6H2,1-3H3,(H,9,11). The Balaban J connectivity index is 3.76. The van der Waals surface area contributed by atoms with Crippen molar-refractivity contribution in [2.75, 3.05) is 20.9 Å². The van der Waals surface area contributed by atoms with Crippen LogP contribution in [0, 0.1) is 0 Å². The molecule has 0 rings (SSSR count). The maximum atomic E-state index is 11.2. The first-order valence-electron chi connectivity index (χ1n) is 4.20. The van der Waals surface area contributed by atoms with Crippen molar-refractivity contribution >= 4 is 5.91 Å². The Morgan fingerprint density at radius 2 is 2.25 bits per heavy atom. The van der Waals surface area contributed by atoms with Crippen molar-refractivity contribution in [3.8, 4) is 0 Å². The van der Waals surface area contributed by atoms with E-state index in [2.05, 4.69) is 10.6 Å². The summed E-state index contributed by atoms with van der Waals surface area (Å²) in [6.07, 6.45) is 1.82. The molecule has 0 aliphatic rings. The Labute approximate surface area is 73.7 Å². The zero-order valence-corrected chi connectivity index (χ0v) is 8.02. The average molecular weight is 174 g/mol. The maximum Gasteiger partial charge on any atom is 0.236 e. The first kappa shape index (κ1) is 11.4. The number of carbonyl (C=O) groups is 1. The van der Waals surface area contributed by atoms with E-state index in [1.165, 1.54) is 0 Å². The van der Waals surface area contributed by atoms with Gasteiger partial charge in [0.05, 0.1) is 12.8 Å². The number of methoxy groups -OCH3 is 1. The number of likely N-dealkylation sites (N-methyl/N-ethyl adjacent to an activating group) is 1. The molecule has 0 aromatic rings. The first-order chi connectivity index (χ1) is 5.76. The number of ether oxygens (including phenoxy) is 1. The monoisotopic (exact) mass is 174 g/mol. The van der Waals surface area contributed by atoms with Gasteiger partial charge in [0.2, 0.25) is 5.91 Å². The molecule has 4 nitrogen and oxygen atoms in total. The highest BCUT2D eigenvalue weighted by Gasteiger charge is 2.13. The smallest absolute Gasteiger partial charge is 0.236 e. The van der Waals surface area contributed by atoms with Crippen LogP contribution in [0.3, 0.4) is 0 Å². The van der Waals surface area contributed by atoms with Gasteiger partial charge in [-0.05, 0) is 6.42 Å². The molecular formula is C8H18N2O2. The van der Waals surface area contributed by atoms with Gasteiger partial charge in [-0.1, -0.05) is 13.3 Å². The molecule has 72 valence electrons. The predicted molar refractivity (Wildman–Crippen MR) is 47.8 cm³/mol. The lowest BCUT2D eigenvalue weighted by molar-refractivity contribution is -0.123. The van der Waals surface area contributed by atoms with Gasteiger partial charge >= 0.3 is 0 Å². The third-order valence-electron chi connectivity index (χ3n) is 1.61. The molecule has 0 fully saturated rings. The lowest BCUT2D eigenvalue weighted by atomic mass is 10.1. The third kappa shape index (κ3) is 4.31. The van der Waals surface area contributed by atoms with Crippen molar-refractivity contribution in [1.29, 1.82) is 0 Å². The fourth-order valence-corrected chi connectivity index (χ4v) is 0.973. The van der Waals surface area contributed by atoms with Crippen molar-refractivity contribution in [3.05, 3.63) is 0 Å². The summed E-state index contributed by atoms with van der Waals surface area (Å²) < 4.78 is 4.82. The van der Waals surface area contributed by atoms with E-state index in [4.69, 9.17) is 4.74 Å². The highest BCUT2D eigenvalue weighted by molar-refractivity contribution is 5.81. The van der Waals surface area contributed by atoms with Crippen LogP contribution in [0.4, 0.5) is 0 Å². The van der Waals surface area contributed by atoms with Gasteiger partial charge in [-0.2, -0.15) is 0 Å². The Kier molecular flexibility index (Phi) is 6.70. The number of hydrogen-bond acceptors (Lipinski definition) is 3. The van der Waals surface area contributed by atoms with Crippen LogP contribution in [0.2, 0.25) is 0 Å². The summed E-state index contributed by atoms with van der Waals surface area (Å²) in [6.45, 7) is 2.46. The van der Waals surface area contributed by atoms with E-state index in [1.54, 1.807) is 14.2 Å². The van der Waals surface area contributed by atoms with Crippen molar-refractivity contribution in [1.82, 2.24) is 10.6 Å². The lowest BCUT2D eigenvalue weighted by Crippen LogP contribution is -2.43. The van der Waals surface area contributed by atoms with E-state index in [1.807, 2.05) is 6.92 Å². The number of amides is 1. The molecule has 0 spiro atoms. The summed E-state index contributed by atoms with van der Waals surface area (Å²) in [4.78, 5) is 11.2. The van der Waals surface area contributed by atoms with Crippen LogP contribution in [0.15, 0.2) is 0 Å². The molecule has 4 heteroatoms. The highest BCUT2D eigenvalue weighted by Crippen LogP contribution is 1.95. The fraction of sp³-hybridized carbons (Fsp3) is 0.875. The van der Waals surface area contributed by atoms with E-state index in [-0.39, 0.29) is 11.9 Å². The van der Waals surface area contributed by atoms with Gasteiger partial charge in [-0.15, -0.1) is 0 Å². The van der Waals surface area contributed by atoms with Crippen LogP contribution in [-0.4, -0.2) is 32.8 Å². The van der Waals surface area contributed by atoms with Gasteiger partial charge in [-0.3, -0.25) is 10.1 Å². The minimum atomic E-state index is -0.125. The number of hydrogen-bond donors (Lipinski definition) is 2. The van der Waals surface area contributed by atoms with E-state index < -0.39 is 0 Å². The first-order valence-corrected chi connectivity index (χ1v) is 4.20. The van der Waals surface area contributed by atoms with Crippen LogP contribution in [0.5, 0.6) is 0 Å². The molecule has 0 heterocycles. The number of rotatable bonds is 6. The molecule has 0 aromatic heterocycles. The summed E-state index contributed by atoms with van der Waals surface area (Å²) in [5, 5.41) is 5.59. The second-order valence-corrected chi connectivity index (χ2v) is 2.59. The van der Waals surface area contributed by atoms with E-state index in [0.717, 1.165) is 12.8 Å². The van der Waals surface area contributed by atoms with E-state index in [9.17, 15) is 4.79 Å². The second kappa shape index (κ2) is 7.06. The zero-order chi connectivity index (χ0) is 9.40. The molecule has 12 heavy (non-hydrogen) atoms. The molecular weight excluding hydrogens is 156 g/mol. The Morgan fingerprint density at radius 3 is 2.67 bits per heavy atom. The van der Waals surface area contributed by atoms with E-state index in [0.29, 0.717) is 6.73 Å². The van der Waals surface area contributed by atoms with Gasteiger partial charge in [0.15, 0.2) is 0 Å². The van der Waals surface area contributed by atoms with Crippen molar-refractivity contribution in [2.24, 2.45) is 0 Å². The topological polar surface area (TPSA) is 50.4 Å². The van der Waals surface area contributed by atoms with Crippen LogP contribution in [0.1, 0.15) is 19.8 Å². The Morgan fingerprint density at radius 1 is 1.58 bits per heavy atom. The molecule has 0 aromatic carbocycles. The average Bonchev–Trinajstić information content (AvgIpc) is 2.11. The number of carbonyl (C=O) groups excluding carboxylic acids is 1. The summed E-state index contributed by atoms with van der Waals surface area (Å²) in [5.74, 6) is 0.0221. The SMILES string of the molecule is CCCC(NCOC)C(=O)NC. The molecule has 0 radical (unpaired) electrons. The van der Waals surface area contributed by atoms with Crippen LogP contribution in [-0.2, 0) is 9.53 Å². The molecule has 0 saturated carbocycles. The summed E-state index contributed by atoms with van der Waals surface area (Å²) >= 11 is 0. The molecule has 0 aliphatic carbocycles. The van der Waals surface area contributed by atoms with Gasteiger partial charge in [-0.25, -0.2) is 0 Å². The molecule has 0 bridgehead atoms. The molecule has 0 saturated heterocycles. The molecule has 1 amide bonds. The molecule has 2 N–H and O–H groups in total. The van der Waals surface area contributed by atoms with Crippen molar-refractivity contribution in [3.63, 3.8) is 0 Å². The second-order valence-electron chi connectivity index (χ2n) is 2.59. The molecule has 0 aliphatic heterocycles. The van der Waals surface area contributed by atoms with E-state index >= 15 is 0 Å². The Bertz CT molecular complexity index is 128. The lowest BCUT2D eigenvalue weighted by Gasteiger charge is -2.15. The van der Waals surface area contributed by atoms with Gasteiger partial charge in [0, 0.05) is 14.2 Å². The largest absolute Gasteiger partial charge is 0.370 e. The fourth-order valence-electron chi connectivity index (χ4n) is 0.973.